The van der Waals surface area contributed by atoms with Crippen LogP contribution in [-0.4, -0.2) is 33.1 Å². The maximum absolute atomic E-state index is 5.18. The van der Waals surface area contributed by atoms with Crippen LogP contribution in [0, 0.1) is 0 Å². The maximum Gasteiger partial charge on any atom is 0.158 e. The van der Waals surface area contributed by atoms with Gasteiger partial charge in [0.05, 0.1) is 0 Å². The Morgan fingerprint density at radius 1 is 1.11 bits per heavy atom. The van der Waals surface area contributed by atoms with E-state index in [0.717, 1.165) is 25.8 Å². The SMILES string of the molecule is COC(CC(C)NCCCc1ccccc1)OC. The second-order valence-corrected chi connectivity index (χ2v) is 4.58. The fourth-order valence-electron chi connectivity index (χ4n) is 1.95. The van der Waals surface area contributed by atoms with E-state index in [9.17, 15) is 0 Å². The minimum absolute atomic E-state index is 0.110. The van der Waals surface area contributed by atoms with Crippen molar-refractivity contribution in [2.75, 3.05) is 20.8 Å². The van der Waals surface area contributed by atoms with Gasteiger partial charge in [0, 0.05) is 26.7 Å². The summed E-state index contributed by atoms with van der Waals surface area (Å²) in [5, 5.41) is 3.49. The van der Waals surface area contributed by atoms with Gasteiger partial charge in [-0.15, -0.1) is 0 Å². The third-order valence-corrected chi connectivity index (χ3v) is 3.05. The highest BCUT2D eigenvalue weighted by Gasteiger charge is 2.10. The summed E-state index contributed by atoms with van der Waals surface area (Å²) in [4.78, 5) is 0. The molecule has 3 heteroatoms. The molecule has 1 unspecified atom stereocenters. The lowest BCUT2D eigenvalue weighted by Gasteiger charge is -2.19. The summed E-state index contributed by atoms with van der Waals surface area (Å²) in [7, 11) is 3.35. The van der Waals surface area contributed by atoms with Crippen molar-refractivity contribution < 1.29 is 9.47 Å². The predicted molar refractivity (Wildman–Crippen MR) is 74.7 cm³/mol. The van der Waals surface area contributed by atoms with Gasteiger partial charge in [0.2, 0.25) is 0 Å². The zero-order valence-electron chi connectivity index (χ0n) is 11.7. The van der Waals surface area contributed by atoms with Crippen molar-refractivity contribution >= 4 is 0 Å². The summed E-state index contributed by atoms with van der Waals surface area (Å²) >= 11 is 0. The summed E-state index contributed by atoms with van der Waals surface area (Å²) in [5.41, 5.74) is 1.40. The van der Waals surface area contributed by atoms with Gasteiger partial charge in [0.1, 0.15) is 0 Å². The van der Waals surface area contributed by atoms with Crippen LogP contribution in [0.2, 0.25) is 0 Å². The molecule has 0 amide bonds. The lowest BCUT2D eigenvalue weighted by molar-refractivity contribution is -0.109. The minimum atomic E-state index is -0.110. The molecule has 102 valence electrons. The molecule has 0 aliphatic rings. The number of benzene rings is 1. The molecule has 1 aromatic carbocycles. The number of rotatable bonds is 9. The van der Waals surface area contributed by atoms with Crippen LogP contribution >= 0.6 is 0 Å². The highest BCUT2D eigenvalue weighted by Crippen LogP contribution is 2.04. The van der Waals surface area contributed by atoms with Crippen molar-refractivity contribution in [2.24, 2.45) is 0 Å². The summed E-state index contributed by atoms with van der Waals surface area (Å²) in [6.45, 7) is 3.18. The van der Waals surface area contributed by atoms with E-state index >= 15 is 0 Å². The van der Waals surface area contributed by atoms with E-state index in [-0.39, 0.29) is 6.29 Å². The molecular weight excluding hydrogens is 226 g/mol. The van der Waals surface area contributed by atoms with Gasteiger partial charge in [-0.25, -0.2) is 0 Å². The third-order valence-electron chi connectivity index (χ3n) is 3.05. The molecule has 3 nitrogen and oxygen atoms in total. The topological polar surface area (TPSA) is 30.5 Å². The second-order valence-electron chi connectivity index (χ2n) is 4.58. The lowest BCUT2D eigenvalue weighted by Crippen LogP contribution is -2.32. The standard InChI is InChI=1S/C15H25NO2/c1-13(12-15(17-2)18-3)16-11-7-10-14-8-5-4-6-9-14/h4-6,8-9,13,15-16H,7,10-12H2,1-3H3. The van der Waals surface area contributed by atoms with E-state index < -0.39 is 0 Å². The van der Waals surface area contributed by atoms with Crippen molar-refractivity contribution in [3.8, 4) is 0 Å². The first kappa shape index (κ1) is 15.2. The van der Waals surface area contributed by atoms with Crippen LogP contribution in [0.5, 0.6) is 0 Å². The molecule has 1 rings (SSSR count). The molecule has 18 heavy (non-hydrogen) atoms. The van der Waals surface area contributed by atoms with Gasteiger partial charge in [0.25, 0.3) is 0 Å². The Balaban J connectivity index is 2.10. The molecule has 0 aliphatic carbocycles. The zero-order valence-corrected chi connectivity index (χ0v) is 11.7. The van der Waals surface area contributed by atoms with Gasteiger partial charge in [-0.2, -0.15) is 0 Å². The van der Waals surface area contributed by atoms with E-state index in [2.05, 4.69) is 42.6 Å². The Labute approximate surface area is 110 Å². The Bertz CT molecular complexity index is 299. The van der Waals surface area contributed by atoms with Crippen LogP contribution in [0.15, 0.2) is 30.3 Å². The largest absolute Gasteiger partial charge is 0.356 e. The number of aryl methyl sites for hydroxylation is 1. The molecule has 0 bridgehead atoms. The Hall–Kier alpha value is -0.900. The minimum Gasteiger partial charge on any atom is -0.356 e. The van der Waals surface area contributed by atoms with E-state index in [1.165, 1.54) is 5.56 Å². The fourth-order valence-corrected chi connectivity index (χ4v) is 1.95. The normalized spacial score (nSPS) is 12.9. The Kier molecular flexibility index (Phi) is 7.65. The smallest absolute Gasteiger partial charge is 0.158 e. The monoisotopic (exact) mass is 251 g/mol. The van der Waals surface area contributed by atoms with Gasteiger partial charge in [-0.1, -0.05) is 30.3 Å². The molecular formula is C15H25NO2. The quantitative estimate of drug-likeness (QED) is 0.540. The van der Waals surface area contributed by atoms with Crippen LogP contribution in [0.1, 0.15) is 25.3 Å². The first-order chi connectivity index (χ1) is 8.76. The fraction of sp³-hybridized carbons (Fsp3) is 0.600. The van der Waals surface area contributed by atoms with Gasteiger partial charge < -0.3 is 14.8 Å². The van der Waals surface area contributed by atoms with Gasteiger partial charge in [-0.3, -0.25) is 0 Å². The summed E-state index contributed by atoms with van der Waals surface area (Å²) < 4.78 is 10.4. The van der Waals surface area contributed by atoms with Crippen molar-refractivity contribution in [2.45, 2.75) is 38.5 Å². The third kappa shape index (κ3) is 6.15. The first-order valence-corrected chi connectivity index (χ1v) is 6.59. The molecule has 1 aromatic rings. The van der Waals surface area contributed by atoms with Crippen LogP contribution in [0.25, 0.3) is 0 Å². The van der Waals surface area contributed by atoms with Gasteiger partial charge >= 0.3 is 0 Å². The highest BCUT2D eigenvalue weighted by atomic mass is 16.7. The number of ether oxygens (including phenoxy) is 2. The second kappa shape index (κ2) is 9.09. The van der Waals surface area contributed by atoms with Gasteiger partial charge in [-0.05, 0) is 31.9 Å². The molecule has 0 aliphatic heterocycles. The number of hydrogen-bond donors (Lipinski definition) is 1. The molecule has 1 atom stereocenters. The Morgan fingerprint density at radius 3 is 2.39 bits per heavy atom. The Morgan fingerprint density at radius 2 is 1.78 bits per heavy atom. The average molecular weight is 251 g/mol. The number of hydrogen-bond acceptors (Lipinski definition) is 3. The van der Waals surface area contributed by atoms with Crippen LogP contribution in [0.3, 0.4) is 0 Å². The number of methoxy groups -OCH3 is 2. The molecule has 0 fully saturated rings. The number of nitrogens with one attached hydrogen (secondary N) is 1. The van der Waals surface area contributed by atoms with Crippen LogP contribution in [-0.2, 0) is 15.9 Å². The van der Waals surface area contributed by atoms with Crippen molar-refractivity contribution in [1.29, 1.82) is 0 Å². The summed E-state index contributed by atoms with van der Waals surface area (Å²) in [6, 6.07) is 11.0. The molecule has 0 saturated carbocycles. The predicted octanol–water partition coefficient (Wildman–Crippen LogP) is 2.61. The summed E-state index contributed by atoms with van der Waals surface area (Å²) in [5.74, 6) is 0. The summed E-state index contributed by atoms with van der Waals surface area (Å²) in [6.07, 6.45) is 3.04. The lowest BCUT2D eigenvalue weighted by atomic mass is 10.1. The van der Waals surface area contributed by atoms with E-state index in [1.54, 1.807) is 14.2 Å². The van der Waals surface area contributed by atoms with Crippen LogP contribution in [0.4, 0.5) is 0 Å². The van der Waals surface area contributed by atoms with Crippen LogP contribution < -0.4 is 5.32 Å². The average Bonchev–Trinajstić information content (AvgIpc) is 2.42. The molecule has 0 saturated heterocycles. The van der Waals surface area contributed by atoms with E-state index in [0.29, 0.717) is 6.04 Å². The van der Waals surface area contributed by atoms with E-state index in [1.807, 2.05) is 0 Å². The molecule has 0 heterocycles. The highest BCUT2D eigenvalue weighted by molar-refractivity contribution is 5.14. The van der Waals surface area contributed by atoms with E-state index in [4.69, 9.17) is 9.47 Å². The molecule has 0 radical (unpaired) electrons. The van der Waals surface area contributed by atoms with Gasteiger partial charge in [0.15, 0.2) is 6.29 Å². The molecule has 0 spiro atoms. The van der Waals surface area contributed by atoms with Crippen molar-refractivity contribution in [3.63, 3.8) is 0 Å². The first-order valence-electron chi connectivity index (χ1n) is 6.59. The van der Waals surface area contributed by atoms with Crippen molar-refractivity contribution in [3.05, 3.63) is 35.9 Å². The maximum atomic E-state index is 5.18. The molecule has 1 N–H and O–H groups in total. The zero-order chi connectivity index (χ0) is 13.2. The van der Waals surface area contributed by atoms with Crippen molar-refractivity contribution in [1.82, 2.24) is 5.32 Å². The molecule has 0 aromatic heterocycles.